The highest BCUT2D eigenvalue weighted by molar-refractivity contribution is 7.89. The number of carbonyl (C=O) groups excluding carboxylic acids is 1. The molecule has 8 heteroatoms. The Morgan fingerprint density at radius 2 is 1.73 bits per heavy atom. The minimum absolute atomic E-state index is 0.0189. The lowest BCUT2D eigenvalue weighted by atomic mass is 9.96. The molecule has 1 aliphatic heterocycles. The number of rotatable bonds is 8. The third-order valence-corrected chi connectivity index (χ3v) is 8.92. The van der Waals surface area contributed by atoms with Gasteiger partial charge in [0.25, 0.3) is 0 Å². The van der Waals surface area contributed by atoms with E-state index in [9.17, 15) is 13.2 Å². The van der Waals surface area contributed by atoms with Gasteiger partial charge < -0.3 is 14.1 Å². The molecule has 3 aromatic carbocycles. The Morgan fingerprint density at radius 1 is 1.03 bits per heavy atom. The van der Waals surface area contributed by atoms with Gasteiger partial charge in [0.15, 0.2) is 0 Å². The van der Waals surface area contributed by atoms with E-state index >= 15 is 0 Å². The number of halogens is 1. The minimum Gasteiger partial charge on any atom is -0.491 e. The molecular formula is C29H29ClN2O4S. The molecule has 1 aromatic heterocycles. The second-order valence-corrected chi connectivity index (χ2v) is 12.0. The quantitative estimate of drug-likeness (QED) is 0.254. The second-order valence-electron chi connectivity index (χ2n) is 9.63. The van der Waals surface area contributed by atoms with Crippen molar-refractivity contribution in [3.63, 3.8) is 0 Å². The van der Waals surface area contributed by atoms with Crippen LogP contribution >= 0.6 is 11.6 Å². The topological polar surface area (TPSA) is 68.6 Å². The predicted molar refractivity (Wildman–Crippen MR) is 147 cm³/mol. The number of nitrogens with zero attached hydrogens (tertiary/aromatic N) is 2. The molecule has 0 radical (unpaired) electrons. The van der Waals surface area contributed by atoms with Gasteiger partial charge >= 0.3 is 0 Å². The van der Waals surface area contributed by atoms with Crippen molar-refractivity contribution in [2.75, 3.05) is 13.1 Å². The van der Waals surface area contributed by atoms with Crippen LogP contribution in [0.15, 0.2) is 77.8 Å². The summed E-state index contributed by atoms with van der Waals surface area (Å²) in [5.74, 6) is 0.685. The predicted octanol–water partition coefficient (Wildman–Crippen LogP) is 6.13. The van der Waals surface area contributed by atoms with Crippen molar-refractivity contribution in [2.45, 2.75) is 43.7 Å². The maximum atomic E-state index is 13.4. The molecule has 1 saturated heterocycles. The van der Waals surface area contributed by atoms with Crippen LogP contribution in [0.3, 0.4) is 0 Å². The van der Waals surface area contributed by atoms with Crippen molar-refractivity contribution in [1.82, 2.24) is 8.87 Å². The lowest BCUT2D eigenvalue weighted by molar-refractivity contribution is -0.108. The van der Waals surface area contributed by atoms with E-state index in [2.05, 4.69) is 18.2 Å². The summed E-state index contributed by atoms with van der Waals surface area (Å²) in [5.41, 5.74) is 4.09. The minimum atomic E-state index is -3.62. The van der Waals surface area contributed by atoms with Gasteiger partial charge in [0.05, 0.1) is 17.5 Å². The summed E-state index contributed by atoms with van der Waals surface area (Å²) in [6.45, 7) is 4.94. The van der Waals surface area contributed by atoms with Crippen LogP contribution in [-0.2, 0) is 21.4 Å². The molecule has 0 bridgehead atoms. The number of benzene rings is 3. The number of hydrogen-bond donors (Lipinski definition) is 0. The molecule has 1 unspecified atom stereocenters. The van der Waals surface area contributed by atoms with Crippen LogP contribution in [0.5, 0.6) is 5.75 Å². The monoisotopic (exact) mass is 536 g/mol. The van der Waals surface area contributed by atoms with Gasteiger partial charge in [-0.1, -0.05) is 35.9 Å². The molecule has 5 rings (SSSR count). The molecule has 1 aliphatic rings. The average Bonchev–Trinajstić information content (AvgIpc) is 3.50. The Morgan fingerprint density at radius 3 is 2.41 bits per heavy atom. The normalized spacial score (nSPS) is 16.5. The fourth-order valence-electron chi connectivity index (χ4n) is 5.01. The SMILES string of the molecule is CC(C)Oc1ccc(S(=O)(=O)N2CCC(c3cn(CC=O)c4cc(-c5ccc(Cl)cc5)ccc34)C2)cc1. The van der Waals surface area contributed by atoms with Crippen LogP contribution < -0.4 is 4.74 Å². The van der Waals surface area contributed by atoms with Crippen LogP contribution in [0, 0.1) is 0 Å². The van der Waals surface area contributed by atoms with Crippen molar-refractivity contribution in [1.29, 1.82) is 0 Å². The summed E-state index contributed by atoms with van der Waals surface area (Å²) in [5, 5.41) is 1.72. The van der Waals surface area contributed by atoms with Crippen molar-refractivity contribution in [2.24, 2.45) is 0 Å². The number of fused-ring (bicyclic) bond motifs is 1. The van der Waals surface area contributed by atoms with Crippen LogP contribution in [0.1, 0.15) is 31.7 Å². The van der Waals surface area contributed by atoms with Gasteiger partial charge in [0.2, 0.25) is 10.0 Å². The van der Waals surface area contributed by atoms with Crippen LogP contribution in [0.2, 0.25) is 5.02 Å². The molecule has 0 saturated carbocycles. The smallest absolute Gasteiger partial charge is 0.243 e. The molecule has 1 atom stereocenters. The van der Waals surface area contributed by atoms with E-state index < -0.39 is 10.0 Å². The number of carbonyl (C=O) groups is 1. The van der Waals surface area contributed by atoms with E-state index in [0.717, 1.165) is 33.9 Å². The van der Waals surface area contributed by atoms with Crippen molar-refractivity contribution in [3.05, 3.63) is 83.5 Å². The van der Waals surface area contributed by atoms with E-state index in [1.165, 1.54) is 0 Å². The third-order valence-electron chi connectivity index (χ3n) is 6.79. The van der Waals surface area contributed by atoms with Gasteiger partial charge in [-0.15, -0.1) is 0 Å². The summed E-state index contributed by atoms with van der Waals surface area (Å²) in [6, 6.07) is 20.5. The maximum absolute atomic E-state index is 13.4. The van der Waals surface area contributed by atoms with E-state index in [0.29, 0.717) is 30.3 Å². The van der Waals surface area contributed by atoms with E-state index in [4.69, 9.17) is 16.3 Å². The lowest BCUT2D eigenvalue weighted by Gasteiger charge is -2.17. The largest absolute Gasteiger partial charge is 0.491 e. The first-order valence-corrected chi connectivity index (χ1v) is 14.2. The van der Waals surface area contributed by atoms with Crippen LogP contribution in [-0.4, -0.2) is 42.8 Å². The summed E-state index contributed by atoms with van der Waals surface area (Å²) < 4.78 is 35.9. The van der Waals surface area contributed by atoms with Gasteiger partial charge in [-0.05, 0) is 79.4 Å². The Kier molecular flexibility index (Phi) is 7.12. The second kappa shape index (κ2) is 10.3. The van der Waals surface area contributed by atoms with Crippen molar-refractivity contribution in [3.8, 4) is 16.9 Å². The first-order chi connectivity index (χ1) is 17.8. The number of aldehydes is 1. The van der Waals surface area contributed by atoms with Gasteiger partial charge in [-0.2, -0.15) is 4.31 Å². The van der Waals surface area contributed by atoms with Gasteiger partial charge in [0, 0.05) is 41.1 Å². The molecule has 192 valence electrons. The fourth-order valence-corrected chi connectivity index (χ4v) is 6.64. The summed E-state index contributed by atoms with van der Waals surface area (Å²) in [7, 11) is -3.62. The van der Waals surface area contributed by atoms with E-state index in [1.807, 2.05) is 48.9 Å². The van der Waals surface area contributed by atoms with Crippen molar-refractivity contribution >= 4 is 38.8 Å². The number of ether oxygens (including phenoxy) is 1. The molecule has 6 nitrogen and oxygen atoms in total. The zero-order valence-electron chi connectivity index (χ0n) is 20.8. The summed E-state index contributed by atoms with van der Waals surface area (Å²) in [6.07, 6.45) is 3.62. The molecule has 4 aromatic rings. The van der Waals surface area contributed by atoms with E-state index in [-0.39, 0.29) is 23.5 Å². The molecule has 0 aliphatic carbocycles. The Balaban J connectivity index is 1.42. The highest BCUT2D eigenvalue weighted by Gasteiger charge is 2.34. The van der Waals surface area contributed by atoms with Gasteiger partial charge in [0.1, 0.15) is 12.0 Å². The van der Waals surface area contributed by atoms with Crippen LogP contribution in [0.25, 0.3) is 22.0 Å². The zero-order chi connectivity index (χ0) is 26.2. The third kappa shape index (κ3) is 5.17. The summed E-state index contributed by atoms with van der Waals surface area (Å²) in [4.78, 5) is 11.7. The first-order valence-electron chi connectivity index (χ1n) is 12.4. The zero-order valence-corrected chi connectivity index (χ0v) is 22.4. The molecular weight excluding hydrogens is 508 g/mol. The average molecular weight is 537 g/mol. The Hall–Kier alpha value is -3.13. The Bertz CT molecular complexity index is 1530. The highest BCUT2D eigenvalue weighted by Crippen LogP contribution is 2.37. The Labute approximate surface area is 222 Å². The van der Waals surface area contributed by atoms with Crippen molar-refractivity contribution < 1.29 is 17.9 Å². The first kappa shape index (κ1) is 25.5. The number of hydrogen-bond acceptors (Lipinski definition) is 4. The lowest BCUT2D eigenvalue weighted by Crippen LogP contribution is -2.28. The fraction of sp³-hybridized carbons (Fsp3) is 0.276. The standard InChI is InChI=1S/C29H29ClN2O4S/c1-20(2)36-25-8-10-26(11-9-25)37(34,35)32-14-13-23(18-32)28-19-31(15-16-33)29-17-22(5-12-27(28)29)21-3-6-24(30)7-4-21/h3-12,16-17,19-20,23H,13-15,18H2,1-2H3. The van der Waals surface area contributed by atoms with Gasteiger partial charge in [-0.25, -0.2) is 8.42 Å². The number of sulfonamides is 1. The van der Waals surface area contributed by atoms with Crippen LogP contribution in [0.4, 0.5) is 0 Å². The van der Waals surface area contributed by atoms with Gasteiger partial charge in [-0.3, -0.25) is 0 Å². The highest BCUT2D eigenvalue weighted by atomic mass is 35.5. The molecule has 1 fully saturated rings. The molecule has 0 amide bonds. The molecule has 0 N–H and O–H groups in total. The molecule has 37 heavy (non-hydrogen) atoms. The molecule has 0 spiro atoms. The van der Waals surface area contributed by atoms with E-state index in [1.54, 1.807) is 28.6 Å². The molecule has 2 heterocycles. The summed E-state index contributed by atoms with van der Waals surface area (Å²) >= 11 is 6.05. The number of aromatic nitrogens is 1. The maximum Gasteiger partial charge on any atom is 0.243 e.